The third kappa shape index (κ3) is 2.09. The van der Waals surface area contributed by atoms with Crippen molar-refractivity contribution in [2.24, 2.45) is 0 Å². The fraction of sp³-hybridized carbons (Fsp3) is 0.0833. The number of nitrogens with zero attached hydrogens (tertiary/aromatic N) is 1. The van der Waals surface area contributed by atoms with E-state index in [9.17, 15) is 28.1 Å². The standard InChI is InChI=1S/C12H4F3NO4/c1-2-6-3-4-8-10(11(6)16(18)19)7(17)5-9(20-8)12(13,14)15/h1,3-5H. The van der Waals surface area contributed by atoms with Crippen LogP contribution in [0.1, 0.15) is 11.3 Å². The van der Waals surface area contributed by atoms with Gasteiger partial charge in [-0.05, 0) is 12.1 Å². The van der Waals surface area contributed by atoms with Gasteiger partial charge in [-0.1, -0.05) is 5.92 Å². The van der Waals surface area contributed by atoms with Crippen molar-refractivity contribution in [2.45, 2.75) is 6.18 Å². The van der Waals surface area contributed by atoms with E-state index >= 15 is 0 Å². The zero-order chi connectivity index (χ0) is 15.1. The summed E-state index contributed by atoms with van der Waals surface area (Å²) in [4.78, 5) is 21.7. The molecule has 0 atom stereocenters. The van der Waals surface area contributed by atoms with Gasteiger partial charge in [-0.15, -0.1) is 6.42 Å². The smallest absolute Gasteiger partial charge is 0.449 e. The first kappa shape index (κ1) is 13.6. The number of rotatable bonds is 1. The van der Waals surface area contributed by atoms with Gasteiger partial charge < -0.3 is 4.42 Å². The molecular weight excluding hydrogens is 279 g/mol. The lowest BCUT2D eigenvalue weighted by molar-refractivity contribution is -0.383. The molecule has 0 saturated heterocycles. The van der Waals surface area contributed by atoms with Crippen molar-refractivity contribution >= 4 is 16.7 Å². The highest BCUT2D eigenvalue weighted by atomic mass is 19.4. The number of benzene rings is 1. The van der Waals surface area contributed by atoms with Crippen LogP contribution >= 0.6 is 0 Å². The molecule has 0 bridgehead atoms. The SMILES string of the molecule is C#Cc1ccc2oc(C(F)(F)F)cc(=O)c2c1[N+](=O)[O-]. The largest absolute Gasteiger partial charge is 0.451 e. The Bertz CT molecular complexity index is 814. The fourth-order valence-corrected chi connectivity index (χ4v) is 1.68. The zero-order valence-electron chi connectivity index (χ0n) is 9.52. The van der Waals surface area contributed by atoms with E-state index in [0.717, 1.165) is 12.1 Å². The maximum Gasteiger partial charge on any atom is 0.449 e. The molecule has 0 N–H and O–H groups in total. The molecule has 2 rings (SSSR count). The Kier molecular flexibility index (Phi) is 2.98. The van der Waals surface area contributed by atoms with Gasteiger partial charge in [0.25, 0.3) is 5.69 Å². The van der Waals surface area contributed by atoms with Crippen LogP contribution in [0.15, 0.2) is 27.4 Å². The number of halogens is 3. The minimum atomic E-state index is -4.87. The molecule has 0 aliphatic rings. The summed E-state index contributed by atoms with van der Waals surface area (Å²) in [5.41, 5.74) is -2.68. The molecule has 1 aromatic carbocycles. The molecule has 0 aliphatic heterocycles. The Morgan fingerprint density at radius 3 is 2.50 bits per heavy atom. The zero-order valence-corrected chi connectivity index (χ0v) is 9.52. The van der Waals surface area contributed by atoms with Gasteiger partial charge in [0.1, 0.15) is 16.5 Å². The normalized spacial score (nSPS) is 11.3. The van der Waals surface area contributed by atoms with Crippen LogP contribution in [-0.4, -0.2) is 4.92 Å². The van der Waals surface area contributed by atoms with Crippen molar-refractivity contribution in [1.82, 2.24) is 0 Å². The molecule has 0 fully saturated rings. The topological polar surface area (TPSA) is 73.3 Å². The lowest BCUT2D eigenvalue weighted by Gasteiger charge is -2.06. The van der Waals surface area contributed by atoms with Crippen LogP contribution in [-0.2, 0) is 6.18 Å². The number of hydrogen-bond acceptors (Lipinski definition) is 4. The summed E-state index contributed by atoms with van der Waals surface area (Å²) >= 11 is 0. The van der Waals surface area contributed by atoms with Gasteiger partial charge in [-0.2, -0.15) is 13.2 Å². The predicted molar refractivity (Wildman–Crippen MR) is 62.1 cm³/mol. The summed E-state index contributed by atoms with van der Waals surface area (Å²) < 4.78 is 42.0. The van der Waals surface area contributed by atoms with Crippen molar-refractivity contribution in [2.75, 3.05) is 0 Å². The number of fused-ring (bicyclic) bond motifs is 1. The summed E-state index contributed by atoms with van der Waals surface area (Å²) in [5, 5.41) is 10.4. The van der Waals surface area contributed by atoms with E-state index < -0.39 is 38.9 Å². The molecule has 20 heavy (non-hydrogen) atoms. The highest BCUT2D eigenvalue weighted by Crippen LogP contribution is 2.33. The van der Waals surface area contributed by atoms with Crippen LogP contribution in [0.5, 0.6) is 0 Å². The Morgan fingerprint density at radius 1 is 1.35 bits per heavy atom. The molecule has 0 aliphatic carbocycles. The molecule has 0 amide bonds. The molecule has 5 nitrogen and oxygen atoms in total. The summed E-state index contributed by atoms with van der Waals surface area (Å²) in [6.07, 6.45) is 0.193. The first-order chi connectivity index (χ1) is 9.25. The van der Waals surface area contributed by atoms with Crippen molar-refractivity contribution in [3.05, 3.63) is 49.9 Å². The lowest BCUT2D eigenvalue weighted by atomic mass is 10.1. The summed E-state index contributed by atoms with van der Waals surface area (Å²) in [6, 6.07) is 2.20. The van der Waals surface area contributed by atoms with Crippen LogP contribution in [0, 0.1) is 22.5 Å². The van der Waals surface area contributed by atoms with Crippen LogP contribution < -0.4 is 5.43 Å². The summed E-state index contributed by atoms with van der Waals surface area (Å²) in [7, 11) is 0. The van der Waals surface area contributed by atoms with Gasteiger partial charge in [-0.25, -0.2) is 0 Å². The van der Waals surface area contributed by atoms with E-state index in [2.05, 4.69) is 4.42 Å². The Hall–Kier alpha value is -2.82. The maximum atomic E-state index is 12.5. The predicted octanol–water partition coefficient (Wildman–Crippen LogP) is 2.70. The Morgan fingerprint density at radius 2 is 2.00 bits per heavy atom. The average Bonchev–Trinajstić information content (AvgIpc) is 2.35. The van der Waals surface area contributed by atoms with Crippen molar-refractivity contribution in [3.8, 4) is 12.3 Å². The van der Waals surface area contributed by atoms with Gasteiger partial charge in [0.2, 0.25) is 5.76 Å². The van der Waals surface area contributed by atoms with Gasteiger partial charge >= 0.3 is 6.18 Å². The molecule has 1 aromatic heterocycles. The number of hydrogen-bond donors (Lipinski definition) is 0. The first-order valence-corrected chi connectivity index (χ1v) is 5.04. The monoisotopic (exact) mass is 283 g/mol. The second-order valence-electron chi connectivity index (χ2n) is 3.71. The second-order valence-corrected chi connectivity index (χ2v) is 3.71. The number of terminal acetylenes is 1. The van der Waals surface area contributed by atoms with Gasteiger partial charge in [0.15, 0.2) is 5.43 Å². The molecule has 102 valence electrons. The van der Waals surface area contributed by atoms with Crippen LogP contribution in [0.4, 0.5) is 18.9 Å². The molecule has 0 spiro atoms. The average molecular weight is 283 g/mol. The van der Waals surface area contributed by atoms with E-state index in [1.807, 2.05) is 5.92 Å². The highest BCUT2D eigenvalue weighted by molar-refractivity contribution is 5.89. The molecule has 0 unspecified atom stereocenters. The molecule has 1 heterocycles. The van der Waals surface area contributed by atoms with E-state index in [4.69, 9.17) is 6.42 Å². The van der Waals surface area contributed by atoms with Crippen LogP contribution in [0.2, 0.25) is 0 Å². The minimum Gasteiger partial charge on any atom is -0.451 e. The van der Waals surface area contributed by atoms with Crippen molar-refractivity contribution < 1.29 is 22.5 Å². The van der Waals surface area contributed by atoms with Crippen LogP contribution in [0.3, 0.4) is 0 Å². The molecule has 8 heteroatoms. The maximum absolute atomic E-state index is 12.5. The summed E-state index contributed by atoms with van der Waals surface area (Å²) in [6.45, 7) is 0. The van der Waals surface area contributed by atoms with Crippen molar-refractivity contribution in [3.63, 3.8) is 0 Å². The first-order valence-electron chi connectivity index (χ1n) is 5.04. The van der Waals surface area contributed by atoms with Gasteiger partial charge in [0, 0.05) is 6.07 Å². The quantitative estimate of drug-likeness (QED) is 0.458. The van der Waals surface area contributed by atoms with E-state index in [0.29, 0.717) is 0 Å². The summed E-state index contributed by atoms with van der Waals surface area (Å²) in [5.74, 6) is 0.467. The van der Waals surface area contributed by atoms with E-state index in [1.165, 1.54) is 0 Å². The van der Waals surface area contributed by atoms with Crippen LogP contribution in [0.25, 0.3) is 11.0 Å². The molecule has 0 saturated carbocycles. The third-order valence-corrected chi connectivity index (χ3v) is 2.49. The van der Waals surface area contributed by atoms with E-state index in [1.54, 1.807) is 0 Å². The Labute approximate surface area is 108 Å². The number of alkyl halides is 3. The molecule has 2 aromatic rings. The van der Waals surface area contributed by atoms with E-state index in [-0.39, 0.29) is 11.6 Å². The minimum absolute atomic E-state index is 0.162. The lowest BCUT2D eigenvalue weighted by Crippen LogP contribution is -2.12. The molecule has 0 radical (unpaired) electrons. The Balaban J connectivity index is 2.96. The third-order valence-electron chi connectivity index (χ3n) is 2.49. The second kappa shape index (κ2) is 4.38. The highest BCUT2D eigenvalue weighted by Gasteiger charge is 2.36. The van der Waals surface area contributed by atoms with Gasteiger partial charge in [0.05, 0.1) is 4.92 Å². The van der Waals surface area contributed by atoms with Gasteiger partial charge in [-0.3, -0.25) is 14.9 Å². The number of nitro groups is 1. The molecular formula is C12H4F3NO4. The number of nitro benzene ring substituents is 1. The van der Waals surface area contributed by atoms with Crippen molar-refractivity contribution in [1.29, 1.82) is 0 Å². The fourth-order valence-electron chi connectivity index (χ4n) is 1.68.